The lowest BCUT2D eigenvalue weighted by atomic mass is 9.65. The first kappa shape index (κ1) is 26.6. The van der Waals surface area contributed by atoms with Gasteiger partial charge in [-0.25, -0.2) is 4.98 Å². The van der Waals surface area contributed by atoms with Gasteiger partial charge >= 0.3 is 0 Å². The summed E-state index contributed by atoms with van der Waals surface area (Å²) in [7, 11) is 0. The maximum atomic E-state index is 10.8. The number of nitrogens with zero attached hydrogens (tertiary/aromatic N) is 2. The van der Waals surface area contributed by atoms with Gasteiger partial charge < -0.3 is 9.84 Å². The van der Waals surface area contributed by atoms with Gasteiger partial charge in [-0.3, -0.25) is 4.98 Å². The molecule has 0 saturated carbocycles. The highest BCUT2D eigenvalue weighted by Crippen LogP contribution is 2.55. The zero-order chi connectivity index (χ0) is 30.2. The number of hydrogen-bond acceptors (Lipinski definition) is 4. The van der Waals surface area contributed by atoms with Crippen LogP contribution in [0.5, 0.6) is 17.2 Å². The predicted molar refractivity (Wildman–Crippen MR) is 178 cm³/mol. The summed E-state index contributed by atoms with van der Waals surface area (Å²) in [6.07, 6.45) is 1.85. The van der Waals surface area contributed by atoms with Crippen molar-refractivity contribution >= 4 is 0 Å². The maximum Gasteiger partial charge on any atom is 0.132 e. The predicted octanol–water partition coefficient (Wildman–Crippen LogP) is 9.67. The van der Waals surface area contributed by atoms with Gasteiger partial charge in [-0.2, -0.15) is 0 Å². The van der Waals surface area contributed by atoms with Crippen LogP contribution < -0.4 is 4.74 Å². The van der Waals surface area contributed by atoms with Crippen molar-refractivity contribution in [2.24, 2.45) is 0 Å². The number of aromatic hydroxyl groups is 1. The van der Waals surface area contributed by atoms with Gasteiger partial charge in [-0.05, 0) is 71.3 Å². The van der Waals surface area contributed by atoms with Crippen LogP contribution in [0, 0.1) is 0 Å². The number of aromatic nitrogens is 2. The second kappa shape index (κ2) is 10.9. The van der Waals surface area contributed by atoms with Crippen LogP contribution in [0.25, 0.3) is 33.6 Å². The molecule has 0 spiro atoms. The van der Waals surface area contributed by atoms with E-state index in [-0.39, 0.29) is 5.75 Å². The van der Waals surface area contributed by atoms with Crippen molar-refractivity contribution < 1.29 is 9.84 Å². The standard InChI is InChI=1S/C41H28N2O2/c44-37-20-7-4-17-32(37)36-27-30(28-13-2-1-3-14-28)26-35(43-36)29-15-12-16-31(25-29)41(40-23-10-11-24-42-40)33-18-5-8-21-38(33)45-39-22-9-6-19-34(39)41/h1-27,44H. The number of phenolic OH excluding ortho intramolecular Hbond substituents is 1. The van der Waals surface area contributed by atoms with Gasteiger partial charge in [0.1, 0.15) is 17.2 Å². The first-order valence-corrected chi connectivity index (χ1v) is 15.0. The molecule has 1 N–H and O–H groups in total. The second-order valence-electron chi connectivity index (χ2n) is 11.1. The first-order chi connectivity index (χ1) is 22.2. The molecule has 1 aliphatic heterocycles. The third-order valence-corrected chi connectivity index (χ3v) is 8.55. The van der Waals surface area contributed by atoms with Gasteiger partial charge in [0.25, 0.3) is 0 Å². The number of hydrogen-bond donors (Lipinski definition) is 1. The lowest BCUT2D eigenvalue weighted by molar-refractivity contribution is 0.432. The fourth-order valence-corrected chi connectivity index (χ4v) is 6.53. The summed E-state index contributed by atoms with van der Waals surface area (Å²) in [5.41, 5.74) is 8.53. The maximum absolute atomic E-state index is 10.8. The molecule has 0 aliphatic carbocycles. The molecule has 4 nitrogen and oxygen atoms in total. The van der Waals surface area contributed by atoms with E-state index in [4.69, 9.17) is 14.7 Å². The SMILES string of the molecule is Oc1ccccc1-c1cc(-c2ccccc2)cc(-c2cccc(C3(c4ccccn4)c4ccccc4Oc4ccccc43)c2)n1. The fraction of sp³-hybridized carbons (Fsp3) is 0.0244. The molecule has 0 saturated heterocycles. The molecule has 4 heteroatoms. The molecule has 8 rings (SSSR count). The molecule has 7 aromatic rings. The van der Waals surface area contributed by atoms with Crippen LogP contribution in [0.3, 0.4) is 0 Å². The number of fused-ring (bicyclic) bond motifs is 2. The van der Waals surface area contributed by atoms with Crippen LogP contribution in [0.2, 0.25) is 0 Å². The molecule has 0 unspecified atom stereocenters. The number of pyridine rings is 2. The molecular weight excluding hydrogens is 552 g/mol. The molecule has 0 amide bonds. The third-order valence-electron chi connectivity index (χ3n) is 8.55. The van der Waals surface area contributed by atoms with Crippen molar-refractivity contribution in [3.05, 3.63) is 186 Å². The smallest absolute Gasteiger partial charge is 0.132 e. The Morgan fingerprint density at radius 3 is 1.89 bits per heavy atom. The van der Waals surface area contributed by atoms with Crippen molar-refractivity contribution in [1.82, 2.24) is 9.97 Å². The van der Waals surface area contributed by atoms with Gasteiger partial charge in [-0.1, -0.05) is 103 Å². The number of phenols is 1. The average Bonchev–Trinajstić information content (AvgIpc) is 3.11. The minimum atomic E-state index is -0.736. The Kier molecular flexibility index (Phi) is 6.46. The van der Waals surface area contributed by atoms with Crippen LogP contribution in [0.15, 0.2) is 164 Å². The van der Waals surface area contributed by atoms with Crippen LogP contribution in [0.4, 0.5) is 0 Å². The quantitative estimate of drug-likeness (QED) is 0.220. The summed E-state index contributed by atoms with van der Waals surface area (Å²) >= 11 is 0. The molecule has 2 aromatic heterocycles. The van der Waals surface area contributed by atoms with Gasteiger partial charge in [-0.15, -0.1) is 0 Å². The molecule has 0 fully saturated rings. The fourth-order valence-electron chi connectivity index (χ4n) is 6.53. The summed E-state index contributed by atoms with van der Waals surface area (Å²) in [5.74, 6) is 1.80. The molecule has 0 atom stereocenters. The summed E-state index contributed by atoms with van der Waals surface area (Å²) in [6, 6.07) is 52.9. The van der Waals surface area contributed by atoms with E-state index >= 15 is 0 Å². The minimum absolute atomic E-state index is 0.194. The topological polar surface area (TPSA) is 55.2 Å². The van der Waals surface area contributed by atoms with Crippen molar-refractivity contribution in [3.8, 4) is 50.9 Å². The van der Waals surface area contributed by atoms with Gasteiger partial charge in [0, 0.05) is 28.5 Å². The van der Waals surface area contributed by atoms with Gasteiger partial charge in [0.2, 0.25) is 0 Å². The summed E-state index contributed by atoms with van der Waals surface area (Å²) in [6.45, 7) is 0. The summed E-state index contributed by atoms with van der Waals surface area (Å²) in [5, 5.41) is 10.8. The number of ether oxygens (including phenoxy) is 1. The van der Waals surface area contributed by atoms with Crippen molar-refractivity contribution in [1.29, 1.82) is 0 Å². The highest BCUT2D eigenvalue weighted by Gasteiger charge is 2.46. The molecule has 1 aliphatic rings. The minimum Gasteiger partial charge on any atom is -0.507 e. The van der Waals surface area contributed by atoms with Crippen molar-refractivity contribution in [2.75, 3.05) is 0 Å². The van der Waals surface area contributed by atoms with Gasteiger partial charge in [0.15, 0.2) is 0 Å². The van der Waals surface area contributed by atoms with E-state index < -0.39 is 5.41 Å². The van der Waals surface area contributed by atoms with Crippen LogP contribution >= 0.6 is 0 Å². The zero-order valence-electron chi connectivity index (χ0n) is 24.3. The molecule has 3 heterocycles. The Hall–Kier alpha value is -6.00. The Balaban J connectivity index is 1.40. The van der Waals surface area contributed by atoms with E-state index in [9.17, 15) is 5.11 Å². The Bertz CT molecular complexity index is 2110. The Labute approximate surface area is 261 Å². The normalized spacial score (nSPS) is 12.9. The first-order valence-electron chi connectivity index (χ1n) is 15.0. The zero-order valence-corrected chi connectivity index (χ0v) is 24.3. The van der Waals surface area contributed by atoms with Crippen molar-refractivity contribution in [3.63, 3.8) is 0 Å². The van der Waals surface area contributed by atoms with Crippen LogP contribution in [-0.2, 0) is 5.41 Å². The number of benzene rings is 5. The van der Waals surface area contributed by atoms with Crippen molar-refractivity contribution in [2.45, 2.75) is 5.41 Å². The van der Waals surface area contributed by atoms with E-state index in [0.717, 1.165) is 56.3 Å². The summed E-state index contributed by atoms with van der Waals surface area (Å²) in [4.78, 5) is 10.1. The molecular formula is C41H28N2O2. The molecule has 214 valence electrons. The van der Waals surface area contributed by atoms with E-state index in [1.807, 2.05) is 85.1 Å². The third kappa shape index (κ3) is 4.47. The largest absolute Gasteiger partial charge is 0.507 e. The van der Waals surface area contributed by atoms with E-state index in [2.05, 4.69) is 72.8 Å². The molecule has 0 radical (unpaired) electrons. The van der Waals surface area contributed by atoms with E-state index in [0.29, 0.717) is 11.3 Å². The molecule has 5 aromatic carbocycles. The molecule has 0 bridgehead atoms. The lowest BCUT2D eigenvalue weighted by Crippen LogP contribution is -2.35. The summed E-state index contributed by atoms with van der Waals surface area (Å²) < 4.78 is 6.47. The number of rotatable bonds is 5. The molecule has 45 heavy (non-hydrogen) atoms. The second-order valence-corrected chi connectivity index (χ2v) is 11.1. The van der Waals surface area contributed by atoms with Crippen LogP contribution in [0.1, 0.15) is 22.4 Å². The highest BCUT2D eigenvalue weighted by atomic mass is 16.5. The monoisotopic (exact) mass is 580 g/mol. The van der Waals surface area contributed by atoms with Crippen LogP contribution in [-0.4, -0.2) is 15.1 Å². The Morgan fingerprint density at radius 2 is 1.16 bits per heavy atom. The number of para-hydroxylation sites is 3. The lowest BCUT2D eigenvalue weighted by Gasteiger charge is -2.40. The van der Waals surface area contributed by atoms with Gasteiger partial charge in [0.05, 0.1) is 22.5 Å². The van der Waals surface area contributed by atoms with E-state index in [1.54, 1.807) is 6.07 Å². The highest BCUT2D eigenvalue weighted by molar-refractivity contribution is 5.79. The average molecular weight is 581 g/mol. The Morgan fingerprint density at radius 1 is 0.511 bits per heavy atom. The van der Waals surface area contributed by atoms with E-state index in [1.165, 1.54) is 0 Å².